The molecular weight excluding hydrogens is 781 g/mol. The van der Waals surface area contributed by atoms with Crippen LogP contribution in [0.4, 0.5) is 0 Å². The summed E-state index contributed by atoms with van der Waals surface area (Å²) in [6, 6.07) is 46.6. The number of furan rings is 1. The molecule has 64 heavy (non-hydrogen) atoms. The van der Waals surface area contributed by atoms with Gasteiger partial charge in [0.05, 0.1) is 30.1 Å². The van der Waals surface area contributed by atoms with Gasteiger partial charge in [0.1, 0.15) is 11.2 Å². The van der Waals surface area contributed by atoms with Crippen LogP contribution in [-0.4, -0.2) is 15.0 Å². The summed E-state index contributed by atoms with van der Waals surface area (Å²) in [7, 11) is 0. The molecule has 5 nitrogen and oxygen atoms in total. The van der Waals surface area contributed by atoms with Crippen LogP contribution in [0.25, 0.3) is 55.7 Å². The topological polar surface area (TPSA) is 75.6 Å². The Morgan fingerprint density at radius 3 is 1.75 bits per heavy atom. The Hall–Kier alpha value is -7.16. The quantitative estimate of drug-likeness (QED) is 0.116. The second-order valence-electron chi connectivity index (χ2n) is 18.1. The van der Waals surface area contributed by atoms with Crippen molar-refractivity contribution in [2.45, 2.75) is 83.9 Å². The van der Waals surface area contributed by atoms with Gasteiger partial charge in [-0.1, -0.05) is 145 Å². The fraction of sp³-hybridized carbons (Fsp3) is 0.220. The third-order valence-electron chi connectivity index (χ3n) is 12.2. The van der Waals surface area contributed by atoms with Gasteiger partial charge in [-0.3, -0.25) is 15.0 Å². The molecule has 4 aromatic heterocycles. The number of nitriles is 1. The van der Waals surface area contributed by atoms with Crippen molar-refractivity contribution in [2.75, 3.05) is 0 Å². The van der Waals surface area contributed by atoms with Crippen LogP contribution in [0.3, 0.4) is 0 Å². The zero-order valence-electron chi connectivity index (χ0n) is 43.1. The Bertz CT molecular complexity index is 3310. The average molecular weight is 841 g/mol. The molecule has 0 N–H and O–H groups in total. The van der Waals surface area contributed by atoms with Crippen molar-refractivity contribution in [3.05, 3.63) is 209 Å². The van der Waals surface area contributed by atoms with Gasteiger partial charge in [-0.2, -0.15) is 5.26 Å². The van der Waals surface area contributed by atoms with E-state index in [2.05, 4.69) is 45.9 Å². The highest BCUT2D eigenvalue weighted by Crippen LogP contribution is 2.38. The van der Waals surface area contributed by atoms with Gasteiger partial charge in [-0.25, -0.2) is 0 Å². The molecule has 316 valence electrons. The molecule has 0 spiro atoms. The van der Waals surface area contributed by atoms with E-state index >= 15 is 0 Å². The Morgan fingerprint density at radius 2 is 1.20 bits per heavy atom. The molecular formula is C59H54N4O. The fourth-order valence-electron chi connectivity index (χ4n) is 8.66. The monoisotopic (exact) mass is 840 g/mol. The molecule has 5 heteroatoms. The number of nitrogens with zero attached hydrogens (tertiary/aromatic N) is 4. The van der Waals surface area contributed by atoms with Crippen molar-refractivity contribution in [1.82, 2.24) is 15.0 Å². The maximum absolute atomic E-state index is 9.87. The lowest BCUT2D eigenvalue weighted by Gasteiger charge is -2.28. The molecule has 0 saturated heterocycles. The van der Waals surface area contributed by atoms with E-state index in [1.807, 2.05) is 109 Å². The van der Waals surface area contributed by atoms with Crippen LogP contribution >= 0.6 is 0 Å². The summed E-state index contributed by atoms with van der Waals surface area (Å²) in [5.41, 5.74) is 8.91. The van der Waals surface area contributed by atoms with Gasteiger partial charge < -0.3 is 4.42 Å². The number of hydrogen-bond acceptors (Lipinski definition) is 5. The minimum absolute atomic E-state index is 0.0165. The second kappa shape index (κ2) is 17.5. The van der Waals surface area contributed by atoms with Crippen molar-refractivity contribution >= 4 is 21.9 Å². The van der Waals surface area contributed by atoms with Crippen LogP contribution in [0.2, 0.25) is 0 Å². The van der Waals surface area contributed by atoms with E-state index in [0.29, 0.717) is 35.1 Å². The van der Waals surface area contributed by atoms with Crippen LogP contribution in [0, 0.1) is 11.3 Å². The highest BCUT2D eigenvalue weighted by Gasteiger charge is 2.26. The van der Waals surface area contributed by atoms with Crippen LogP contribution in [0.5, 0.6) is 0 Å². The number of aryl methyl sites for hydroxylation is 2. The summed E-state index contributed by atoms with van der Waals surface area (Å²) in [4.78, 5) is 14.4. The van der Waals surface area contributed by atoms with Gasteiger partial charge in [-0.05, 0) is 124 Å². The van der Waals surface area contributed by atoms with Crippen molar-refractivity contribution < 1.29 is 12.6 Å². The first-order valence-electron chi connectivity index (χ1n) is 24.7. The normalized spacial score (nSPS) is 14.0. The Labute approximate surface area is 386 Å². The molecule has 0 aliphatic carbocycles. The van der Waals surface area contributed by atoms with Gasteiger partial charge in [0, 0.05) is 52.9 Å². The maximum atomic E-state index is 9.87. The summed E-state index contributed by atoms with van der Waals surface area (Å²) in [6.07, 6.45) is 0.913. The van der Waals surface area contributed by atoms with Crippen LogP contribution in [0.15, 0.2) is 169 Å². The summed E-state index contributed by atoms with van der Waals surface area (Å²) in [6.45, 7) is 11.9. The standard InChI is InChI=1S/C59H54N4O/c1-39(2)52-32-55(51-19-13-18-50-49-25-21-41(35-60)31-56(49)64-57(50)51)61-36-46(52)22-20-40-28-42(33-58(3,4)47-23-26-53(62-37-47)44-14-9-7-10-15-44)30-43(29-40)34-59(5,6)48-24-27-54(63-38-48)45-16-11-8-12-17-45/h7-19,21,23-32,36-39H,20,22,33-34H2,1-6H3/i20D2,22D2,31D,39D. The predicted molar refractivity (Wildman–Crippen MR) is 262 cm³/mol. The first-order valence-corrected chi connectivity index (χ1v) is 21.7. The third kappa shape index (κ3) is 8.87. The zero-order chi connectivity index (χ0) is 49.8. The molecule has 0 radical (unpaired) electrons. The third-order valence-corrected chi connectivity index (χ3v) is 12.2. The van der Waals surface area contributed by atoms with Gasteiger partial charge >= 0.3 is 0 Å². The Balaban J connectivity index is 1.11. The first-order chi connectivity index (χ1) is 33.2. The van der Waals surface area contributed by atoms with Crippen molar-refractivity contribution in [1.29, 1.82) is 5.26 Å². The smallest absolute Gasteiger partial charge is 0.144 e. The summed E-state index contributed by atoms with van der Waals surface area (Å²) < 4.78 is 63.6. The molecule has 0 atom stereocenters. The molecule has 0 aliphatic rings. The fourth-order valence-corrected chi connectivity index (χ4v) is 8.66. The van der Waals surface area contributed by atoms with E-state index in [4.69, 9.17) is 20.7 Å². The number of aromatic nitrogens is 3. The average Bonchev–Trinajstić information content (AvgIpc) is 3.74. The molecule has 4 heterocycles. The van der Waals surface area contributed by atoms with Gasteiger partial charge in [0.25, 0.3) is 0 Å². The molecule has 0 saturated carbocycles. The molecule has 0 amide bonds. The molecule has 0 fully saturated rings. The molecule has 9 rings (SSSR count). The maximum Gasteiger partial charge on any atom is 0.144 e. The summed E-state index contributed by atoms with van der Waals surface area (Å²) in [5, 5.41) is 11.0. The van der Waals surface area contributed by atoms with E-state index in [-0.39, 0.29) is 33.9 Å². The minimum atomic E-state index is -2.68. The Kier molecular flexibility index (Phi) is 9.68. The highest BCUT2D eigenvalue weighted by molar-refractivity contribution is 6.09. The van der Waals surface area contributed by atoms with Gasteiger partial charge in [0.15, 0.2) is 0 Å². The van der Waals surface area contributed by atoms with Crippen molar-refractivity contribution in [2.24, 2.45) is 0 Å². The number of hydrogen-bond donors (Lipinski definition) is 0. The van der Waals surface area contributed by atoms with Crippen LogP contribution in [0.1, 0.15) is 100 Å². The number of benzene rings is 5. The molecule has 0 unspecified atom stereocenters. The van der Waals surface area contributed by atoms with Crippen LogP contribution < -0.4 is 0 Å². The lowest BCUT2D eigenvalue weighted by Crippen LogP contribution is -2.23. The van der Waals surface area contributed by atoms with Crippen LogP contribution in [-0.2, 0) is 36.4 Å². The number of fused-ring (bicyclic) bond motifs is 3. The number of pyridine rings is 3. The van der Waals surface area contributed by atoms with E-state index in [1.165, 1.54) is 6.20 Å². The highest BCUT2D eigenvalue weighted by atomic mass is 16.3. The SMILES string of the molecule is [2H]c1c(C#N)ccc2c1oc1c(-c3cc(C([2H])(C)C)c(C([2H])([2H])C([2H])([2H])c4cc(CC(C)(C)c5ccc(-c6ccccc6)nc5)cc(CC(C)(C)c5ccc(-c6ccccc6)nc5)c4)cn3)cccc12. The van der Waals surface area contributed by atoms with Gasteiger partial charge in [0.2, 0.25) is 0 Å². The van der Waals surface area contributed by atoms with E-state index in [0.717, 1.165) is 50.2 Å². The first kappa shape index (κ1) is 35.3. The summed E-state index contributed by atoms with van der Waals surface area (Å²) in [5.74, 6) is -1.39. The lowest BCUT2D eigenvalue weighted by molar-refractivity contribution is 0.512. The minimum Gasteiger partial charge on any atom is -0.455 e. The lowest BCUT2D eigenvalue weighted by atomic mass is 9.77. The van der Waals surface area contributed by atoms with E-state index < -0.39 is 29.5 Å². The largest absolute Gasteiger partial charge is 0.455 e. The van der Waals surface area contributed by atoms with Gasteiger partial charge in [-0.15, -0.1) is 0 Å². The predicted octanol–water partition coefficient (Wildman–Crippen LogP) is 14.6. The zero-order valence-corrected chi connectivity index (χ0v) is 37.1. The summed E-state index contributed by atoms with van der Waals surface area (Å²) >= 11 is 0. The number of rotatable bonds is 13. The molecule has 0 aliphatic heterocycles. The van der Waals surface area contributed by atoms with Crippen molar-refractivity contribution in [3.8, 4) is 39.8 Å². The van der Waals surface area contributed by atoms with E-state index in [9.17, 15) is 12.1 Å². The van der Waals surface area contributed by atoms with E-state index in [1.54, 1.807) is 44.2 Å². The second-order valence-corrected chi connectivity index (χ2v) is 18.1. The number of para-hydroxylation sites is 1. The van der Waals surface area contributed by atoms with Crippen molar-refractivity contribution in [3.63, 3.8) is 0 Å². The molecule has 5 aromatic carbocycles. The molecule has 9 aromatic rings. The molecule has 0 bridgehead atoms. The Morgan fingerprint density at radius 1 is 0.625 bits per heavy atom.